The average Bonchev–Trinajstić information content (AvgIpc) is 2.95. The molecular formula is C20H24N6O4. The molecule has 2 bridgehead atoms. The predicted molar refractivity (Wildman–Crippen MR) is 109 cm³/mol. The van der Waals surface area contributed by atoms with Crippen LogP contribution < -0.4 is 15.8 Å². The van der Waals surface area contributed by atoms with Gasteiger partial charge in [-0.2, -0.15) is 4.98 Å². The van der Waals surface area contributed by atoms with E-state index in [0.29, 0.717) is 18.6 Å². The Kier molecular flexibility index (Phi) is 5.49. The molecule has 10 nitrogen and oxygen atoms in total. The Labute approximate surface area is 173 Å². The Morgan fingerprint density at radius 1 is 1.37 bits per heavy atom. The van der Waals surface area contributed by atoms with Crippen LogP contribution in [0.4, 0.5) is 11.6 Å². The Morgan fingerprint density at radius 2 is 2.10 bits per heavy atom. The van der Waals surface area contributed by atoms with Gasteiger partial charge in [-0.1, -0.05) is 12.1 Å². The van der Waals surface area contributed by atoms with Crippen molar-refractivity contribution in [2.45, 2.75) is 50.4 Å². The molecule has 0 saturated carbocycles. The maximum atomic E-state index is 12.7. The van der Waals surface area contributed by atoms with Gasteiger partial charge in [0.2, 0.25) is 11.8 Å². The second kappa shape index (κ2) is 8.23. The molecule has 0 radical (unpaired) electrons. The van der Waals surface area contributed by atoms with Crippen molar-refractivity contribution in [3.63, 3.8) is 0 Å². The van der Waals surface area contributed by atoms with Gasteiger partial charge in [0.1, 0.15) is 5.56 Å². The Hall–Kier alpha value is -3.27. The first kappa shape index (κ1) is 20.0. The normalized spacial score (nSPS) is 23.2. The summed E-state index contributed by atoms with van der Waals surface area (Å²) in [7, 11) is 1.44. The van der Waals surface area contributed by atoms with E-state index in [0.717, 1.165) is 31.2 Å². The maximum absolute atomic E-state index is 12.7. The van der Waals surface area contributed by atoms with Crippen LogP contribution in [0.25, 0.3) is 0 Å². The Bertz CT molecular complexity index is 954. The van der Waals surface area contributed by atoms with Gasteiger partial charge in [-0.25, -0.2) is 4.98 Å². The van der Waals surface area contributed by atoms with E-state index < -0.39 is 0 Å². The molecule has 2 atom stereocenters. The van der Waals surface area contributed by atoms with Gasteiger partial charge >= 0.3 is 0 Å². The van der Waals surface area contributed by atoms with Gasteiger partial charge in [0.05, 0.1) is 12.0 Å². The molecule has 2 fully saturated rings. The number of nitrogens with one attached hydrogen (secondary N) is 1. The number of nitrogens with zero attached hydrogens (tertiary/aromatic N) is 4. The van der Waals surface area contributed by atoms with Crippen LogP contribution in [0.5, 0.6) is 5.88 Å². The first-order chi connectivity index (χ1) is 14.4. The molecular weight excluding hydrogens is 388 g/mol. The van der Waals surface area contributed by atoms with E-state index in [4.69, 9.17) is 10.5 Å². The van der Waals surface area contributed by atoms with E-state index in [-0.39, 0.29) is 40.0 Å². The zero-order valence-corrected chi connectivity index (χ0v) is 16.7. The molecule has 2 aromatic rings. The number of nitro benzene ring substituents is 1. The van der Waals surface area contributed by atoms with Crippen molar-refractivity contribution in [1.29, 1.82) is 0 Å². The minimum absolute atomic E-state index is 0.0404. The summed E-state index contributed by atoms with van der Waals surface area (Å²) >= 11 is 0. The fourth-order valence-electron chi connectivity index (χ4n) is 4.58. The number of nitrogen functional groups attached to an aromatic ring is 1. The third kappa shape index (κ3) is 4.04. The highest BCUT2D eigenvalue weighted by Gasteiger charge is 2.41. The second-order valence-corrected chi connectivity index (χ2v) is 7.78. The second-order valence-electron chi connectivity index (χ2n) is 7.78. The molecule has 1 amide bonds. The van der Waals surface area contributed by atoms with Crippen LogP contribution in [0.15, 0.2) is 30.5 Å². The summed E-state index contributed by atoms with van der Waals surface area (Å²) in [4.78, 5) is 33.7. The smallest absolute Gasteiger partial charge is 0.269 e. The zero-order chi connectivity index (χ0) is 21.3. The third-order valence-electron chi connectivity index (χ3n) is 5.92. The molecule has 2 saturated heterocycles. The minimum Gasteiger partial charge on any atom is -0.480 e. The van der Waals surface area contributed by atoms with Gasteiger partial charge in [0, 0.05) is 43.0 Å². The molecule has 2 aliphatic heterocycles. The monoisotopic (exact) mass is 412 g/mol. The first-order valence-electron chi connectivity index (χ1n) is 9.91. The zero-order valence-electron chi connectivity index (χ0n) is 16.7. The summed E-state index contributed by atoms with van der Waals surface area (Å²) in [6.07, 6.45) is 5.15. The maximum Gasteiger partial charge on any atom is 0.269 e. The van der Waals surface area contributed by atoms with Crippen molar-refractivity contribution in [2.24, 2.45) is 0 Å². The lowest BCUT2D eigenvalue weighted by atomic mass is 9.96. The van der Waals surface area contributed by atoms with Gasteiger partial charge in [0.15, 0.2) is 0 Å². The molecule has 158 valence electrons. The molecule has 0 spiro atoms. The van der Waals surface area contributed by atoms with E-state index in [9.17, 15) is 14.9 Å². The van der Waals surface area contributed by atoms with Gasteiger partial charge in [-0.15, -0.1) is 0 Å². The molecule has 1 aromatic carbocycles. The number of carbonyl (C=O) groups is 1. The molecule has 1 aromatic heterocycles. The van der Waals surface area contributed by atoms with Crippen LogP contribution in [-0.4, -0.2) is 50.9 Å². The van der Waals surface area contributed by atoms with E-state index >= 15 is 0 Å². The molecule has 3 N–H and O–H groups in total. The molecule has 3 heterocycles. The highest BCUT2D eigenvalue weighted by molar-refractivity contribution is 5.96. The average molecular weight is 412 g/mol. The number of fused-ring (bicyclic) bond motifs is 2. The van der Waals surface area contributed by atoms with E-state index in [2.05, 4.69) is 20.2 Å². The first-order valence-corrected chi connectivity index (χ1v) is 9.91. The fourth-order valence-corrected chi connectivity index (χ4v) is 4.58. The number of non-ortho nitro benzene ring substituents is 1. The standard InChI is InChI=1S/C20H24N6O4/c1-30-19-17(10-22-20(21)24-19)18(27)23-13-8-14-5-6-15(9-13)25(14)11-12-3-2-4-16(7-12)26(28)29/h2-4,7,10,13-15H,5-6,8-9,11H2,1H3,(H,23,27)(H2,21,22,24). The topological polar surface area (TPSA) is 137 Å². The Balaban J connectivity index is 1.41. The van der Waals surface area contributed by atoms with Crippen LogP contribution in [-0.2, 0) is 6.54 Å². The van der Waals surface area contributed by atoms with Crippen molar-refractivity contribution in [2.75, 3.05) is 12.8 Å². The number of aromatic nitrogens is 2. The van der Waals surface area contributed by atoms with E-state index in [1.165, 1.54) is 19.4 Å². The van der Waals surface area contributed by atoms with Gasteiger partial charge in [-0.05, 0) is 31.2 Å². The lowest BCUT2D eigenvalue weighted by Crippen LogP contribution is -2.50. The highest BCUT2D eigenvalue weighted by atomic mass is 16.6. The number of hydrogen-bond donors (Lipinski definition) is 2. The van der Waals surface area contributed by atoms with Gasteiger partial charge in [0.25, 0.3) is 11.6 Å². The number of piperidine rings is 1. The molecule has 30 heavy (non-hydrogen) atoms. The van der Waals surface area contributed by atoms with Crippen molar-refractivity contribution in [1.82, 2.24) is 20.2 Å². The largest absolute Gasteiger partial charge is 0.480 e. The Morgan fingerprint density at radius 3 is 2.77 bits per heavy atom. The van der Waals surface area contributed by atoms with Crippen LogP contribution >= 0.6 is 0 Å². The number of benzene rings is 1. The summed E-state index contributed by atoms with van der Waals surface area (Å²) in [6.45, 7) is 0.678. The summed E-state index contributed by atoms with van der Waals surface area (Å²) < 4.78 is 5.15. The fraction of sp³-hybridized carbons (Fsp3) is 0.450. The predicted octanol–water partition coefficient (Wildman–Crippen LogP) is 1.90. The van der Waals surface area contributed by atoms with Crippen LogP contribution in [0, 0.1) is 10.1 Å². The number of ether oxygens (including phenoxy) is 1. The lowest BCUT2D eigenvalue weighted by Gasteiger charge is -2.39. The number of hydrogen-bond acceptors (Lipinski definition) is 8. The number of amides is 1. The lowest BCUT2D eigenvalue weighted by molar-refractivity contribution is -0.384. The van der Waals surface area contributed by atoms with Crippen molar-refractivity contribution in [3.8, 4) is 5.88 Å². The van der Waals surface area contributed by atoms with Crippen molar-refractivity contribution in [3.05, 3.63) is 51.7 Å². The van der Waals surface area contributed by atoms with Crippen LogP contribution in [0.3, 0.4) is 0 Å². The number of methoxy groups -OCH3 is 1. The molecule has 0 aliphatic carbocycles. The number of anilines is 1. The minimum atomic E-state index is -0.366. The summed E-state index contributed by atoms with van der Waals surface area (Å²) in [5, 5.41) is 14.1. The van der Waals surface area contributed by atoms with E-state index in [1.807, 2.05) is 6.07 Å². The van der Waals surface area contributed by atoms with Gasteiger partial charge < -0.3 is 15.8 Å². The molecule has 10 heteroatoms. The molecule has 2 unspecified atom stereocenters. The quantitative estimate of drug-likeness (QED) is 0.542. The number of nitrogens with two attached hydrogens (primary N) is 1. The number of carbonyl (C=O) groups excluding carboxylic acids is 1. The number of nitro groups is 1. The SMILES string of the molecule is COc1nc(N)ncc1C(=O)NC1CC2CCC(C1)N2Cc1cccc([N+](=O)[O-])c1. The van der Waals surface area contributed by atoms with E-state index in [1.54, 1.807) is 12.1 Å². The summed E-state index contributed by atoms with van der Waals surface area (Å²) in [5.41, 5.74) is 6.87. The third-order valence-corrected chi connectivity index (χ3v) is 5.92. The summed E-state index contributed by atoms with van der Waals surface area (Å²) in [6, 6.07) is 7.50. The van der Waals surface area contributed by atoms with Crippen LogP contribution in [0.2, 0.25) is 0 Å². The number of rotatable bonds is 6. The van der Waals surface area contributed by atoms with Crippen LogP contribution in [0.1, 0.15) is 41.6 Å². The van der Waals surface area contributed by atoms with Crippen molar-refractivity contribution < 1.29 is 14.5 Å². The molecule has 4 rings (SSSR count). The van der Waals surface area contributed by atoms with Gasteiger partial charge in [-0.3, -0.25) is 19.8 Å². The highest BCUT2D eigenvalue weighted by Crippen LogP contribution is 2.37. The van der Waals surface area contributed by atoms with Crippen molar-refractivity contribution >= 4 is 17.5 Å². The molecule has 2 aliphatic rings. The summed E-state index contributed by atoms with van der Waals surface area (Å²) in [5.74, 6) is -0.0645.